The number of fused-ring (bicyclic) bond motifs is 2. The lowest BCUT2D eigenvalue weighted by atomic mass is 10.3. The monoisotopic (exact) mass is 324 g/mol. The molecule has 0 N–H and O–H groups in total. The van der Waals surface area contributed by atoms with E-state index in [1.165, 1.54) is 0 Å². The van der Waals surface area contributed by atoms with Crippen LogP contribution in [0, 0.1) is 0 Å². The maximum absolute atomic E-state index is 5.61. The van der Waals surface area contributed by atoms with Crippen LogP contribution >= 0.6 is 22.7 Å². The maximum atomic E-state index is 5.61. The number of hydrogen-bond donors (Lipinski definition) is 0. The van der Waals surface area contributed by atoms with Crippen molar-refractivity contribution in [3.8, 4) is 23.0 Å². The van der Waals surface area contributed by atoms with Crippen LogP contribution in [-0.2, 0) is 0 Å². The molecule has 21 heavy (non-hydrogen) atoms. The Morgan fingerprint density at radius 3 is 2.48 bits per heavy atom. The molecule has 0 fully saturated rings. The minimum atomic E-state index is 0.247. The van der Waals surface area contributed by atoms with Gasteiger partial charge in [0, 0.05) is 21.5 Å². The van der Waals surface area contributed by atoms with E-state index in [4.69, 9.17) is 18.9 Å². The predicted octanol–water partition coefficient (Wildman–Crippen LogP) is 4.33. The SMILES string of the molecule is C=C1COc2cscc2O1.CCC1COc2cscc2O1. The lowest BCUT2D eigenvalue weighted by Gasteiger charge is -2.23. The highest BCUT2D eigenvalue weighted by molar-refractivity contribution is 7.08. The minimum Gasteiger partial charge on any atom is -0.485 e. The fraction of sp³-hybridized carbons (Fsp3) is 0.333. The summed E-state index contributed by atoms with van der Waals surface area (Å²) in [6, 6.07) is 0. The van der Waals surface area contributed by atoms with Gasteiger partial charge in [-0.05, 0) is 6.42 Å². The molecule has 0 aromatic carbocycles. The van der Waals surface area contributed by atoms with Gasteiger partial charge in [0.05, 0.1) is 0 Å². The van der Waals surface area contributed by atoms with Crippen molar-refractivity contribution in [2.45, 2.75) is 19.4 Å². The number of thiophene rings is 2. The maximum Gasteiger partial charge on any atom is 0.179 e. The van der Waals surface area contributed by atoms with E-state index in [1.54, 1.807) is 22.7 Å². The van der Waals surface area contributed by atoms with Gasteiger partial charge in [-0.3, -0.25) is 0 Å². The Bertz CT molecular complexity index is 617. The molecule has 0 bridgehead atoms. The first-order chi connectivity index (χ1) is 10.3. The molecule has 4 rings (SSSR count). The van der Waals surface area contributed by atoms with Crippen molar-refractivity contribution in [3.05, 3.63) is 33.9 Å². The lowest BCUT2D eigenvalue weighted by Crippen LogP contribution is -2.27. The zero-order chi connectivity index (χ0) is 14.7. The Kier molecular flexibility index (Phi) is 4.36. The Balaban J connectivity index is 0.000000126. The van der Waals surface area contributed by atoms with Crippen LogP contribution in [0.4, 0.5) is 0 Å². The van der Waals surface area contributed by atoms with Crippen molar-refractivity contribution in [2.24, 2.45) is 0 Å². The van der Waals surface area contributed by atoms with Crippen LogP contribution in [0.2, 0.25) is 0 Å². The summed E-state index contributed by atoms with van der Waals surface area (Å²) in [5, 5.41) is 7.78. The van der Waals surface area contributed by atoms with E-state index in [0.717, 1.165) is 29.4 Å². The van der Waals surface area contributed by atoms with Crippen LogP contribution in [0.5, 0.6) is 23.0 Å². The van der Waals surface area contributed by atoms with Gasteiger partial charge in [-0.25, -0.2) is 0 Å². The van der Waals surface area contributed by atoms with Gasteiger partial charge in [-0.15, -0.1) is 22.7 Å². The second-order valence-electron chi connectivity index (χ2n) is 4.59. The van der Waals surface area contributed by atoms with Crippen LogP contribution in [0.3, 0.4) is 0 Å². The molecule has 4 nitrogen and oxygen atoms in total. The summed E-state index contributed by atoms with van der Waals surface area (Å²) in [5.41, 5.74) is 0. The summed E-state index contributed by atoms with van der Waals surface area (Å²) in [4.78, 5) is 0. The fourth-order valence-electron chi connectivity index (χ4n) is 1.86. The molecule has 0 saturated carbocycles. The molecular weight excluding hydrogens is 308 g/mol. The van der Waals surface area contributed by atoms with E-state index < -0.39 is 0 Å². The van der Waals surface area contributed by atoms with Gasteiger partial charge in [0.2, 0.25) is 0 Å². The fourth-order valence-corrected chi connectivity index (χ4v) is 3.19. The normalized spacial score (nSPS) is 18.7. The van der Waals surface area contributed by atoms with Crippen LogP contribution in [0.15, 0.2) is 33.9 Å². The smallest absolute Gasteiger partial charge is 0.179 e. The molecule has 0 saturated heterocycles. The standard InChI is InChI=1S/C8H10O2S.C7H6O2S/c1-2-6-3-9-7-4-11-5-8(7)10-6;1-5-2-8-6-3-10-4-7(6)9-5/h4-6H,2-3H2,1H3;3-4H,1-2H2. The first kappa shape index (κ1) is 14.3. The molecular formula is C15H16O4S2. The average molecular weight is 324 g/mol. The summed E-state index contributed by atoms with van der Waals surface area (Å²) in [6.07, 6.45) is 1.26. The highest BCUT2D eigenvalue weighted by Gasteiger charge is 2.19. The minimum absolute atomic E-state index is 0.247. The van der Waals surface area contributed by atoms with Gasteiger partial charge in [-0.2, -0.15) is 0 Å². The van der Waals surface area contributed by atoms with Crippen molar-refractivity contribution in [2.75, 3.05) is 13.2 Å². The number of ether oxygens (including phenoxy) is 4. The van der Waals surface area contributed by atoms with Gasteiger partial charge in [0.15, 0.2) is 23.0 Å². The van der Waals surface area contributed by atoms with Gasteiger partial charge >= 0.3 is 0 Å². The van der Waals surface area contributed by atoms with Crippen molar-refractivity contribution < 1.29 is 18.9 Å². The molecule has 2 aliphatic rings. The van der Waals surface area contributed by atoms with Crippen LogP contribution < -0.4 is 18.9 Å². The molecule has 4 heterocycles. The highest BCUT2D eigenvalue weighted by atomic mass is 32.1. The molecule has 0 radical (unpaired) electrons. The third kappa shape index (κ3) is 3.33. The van der Waals surface area contributed by atoms with Gasteiger partial charge in [-0.1, -0.05) is 13.5 Å². The van der Waals surface area contributed by atoms with Crippen molar-refractivity contribution >= 4 is 22.7 Å². The van der Waals surface area contributed by atoms with Crippen molar-refractivity contribution in [1.82, 2.24) is 0 Å². The van der Waals surface area contributed by atoms with E-state index >= 15 is 0 Å². The number of rotatable bonds is 1. The van der Waals surface area contributed by atoms with E-state index in [2.05, 4.69) is 13.5 Å². The van der Waals surface area contributed by atoms with Gasteiger partial charge in [0.1, 0.15) is 25.1 Å². The van der Waals surface area contributed by atoms with E-state index in [-0.39, 0.29) is 6.10 Å². The van der Waals surface area contributed by atoms with Gasteiger partial charge < -0.3 is 18.9 Å². The van der Waals surface area contributed by atoms with Crippen LogP contribution in [0.1, 0.15) is 13.3 Å². The lowest BCUT2D eigenvalue weighted by molar-refractivity contribution is 0.0898. The summed E-state index contributed by atoms with van der Waals surface area (Å²) < 4.78 is 21.6. The zero-order valence-electron chi connectivity index (χ0n) is 11.7. The molecule has 1 unspecified atom stereocenters. The first-order valence-corrected chi connectivity index (χ1v) is 8.55. The zero-order valence-corrected chi connectivity index (χ0v) is 13.3. The number of hydrogen-bond acceptors (Lipinski definition) is 6. The average Bonchev–Trinajstić information content (AvgIpc) is 3.15. The second kappa shape index (κ2) is 6.41. The molecule has 0 aliphatic carbocycles. The molecule has 112 valence electrons. The third-order valence-electron chi connectivity index (χ3n) is 3.00. The topological polar surface area (TPSA) is 36.9 Å². The van der Waals surface area contributed by atoms with Crippen molar-refractivity contribution in [1.29, 1.82) is 0 Å². The Labute approximate surface area is 131 Å². The molecule has 1 atom stereocenters. The van der Waals surface area contributed by atoms with Crippen LogP contribution in [0.25, 0.3) is 0 Å². The van der Waals surface area contributed by atoms with Crippen molar-refractivity contribution in [3.63, 3.8) is 0 Å². The van der Waals surface area contributed by atoms with E-state index in [9.17, 15) is 0 Å². The first-order valence-electron chi connectivity index (χ1n) is 6.66. The molecule has 6 heteroatoms. The summed E-state index contributed by atoms with van der Waals surface area (Å²) in [6.45, 7) is 6.92. The molecule has 0 spiro atoms. The Morgan fingerprint density at radius 1 is 1.05 bits per heavy atom. The van der Waals surface area contributed by atoms with Crippen LogP contribution in [-0.4, -0.2) is 19.3 Å². The predicted molar refractivity (Wildman–Crippen MR) is 84.1 cm³/mol. The Hall–Kier alpha value is -1.66. The summed E-state index contributed by atoms with van der Waals surface area (Å²) in [5.74, 6) is 4.11. The molecule has 0 amide bonds. The van der Waals surface area contributed by atoms with E-state index in [1.807, 2.05) is 21.5 Å². The quantitative estimate of drug-likeness (QED) is 0.782. The summed E-state index contributed by atoms with van der Waals surface area (Å²) in [7, 11) is 0. The van der Waals surface area contributed by atoms with E-state index in [0.29, 0.717) is 19.0 Å². The second-order valence-corrected chi connectivity index (χ2v) is 6.08. The largest absolute Gasteiger partial charge is 0.485 e. The Morgan fingerprint density at radius 2 is 1.71 bits per heavy atom. The molecule has 2 aliphatic heterocycles. The van der Waals surface area contributed by atoms with Gasteiger partial charge in [0.25, 0.3) is 0 Å². The third-order valence-corrected chi connectivity index (χ3v) is 4.40. The highest BCUT2D eigenvalue weighted by Crippen LogP contribution is 2.36. The summed E-state index contributed by atoms with van der Waals surface area (Å²) >= 11 is 3.18. The molecule has 2 aromatic heterocycles. The molecule has 2 aromatic rings.